The van der Waals surface area contributed by atoms with Crippen molar-refractivity contribution in [2.45, 2.75) is 47.0 Å². The number of aliphatic hydroxyl groups is 1. The largest absolute Gasteiger partial charge is 0.487 e. The second kappa shape index (κ2) is 7.09. The molecule has 114 valence electrons. The third-order valence-corrected chi connectivity index (χ3v) is 4.43. The maximum atomic E-state index is 9.43. The lowest BCUT2D eigenvalue weighted by Gasteiger charge is -2.13. The molecule has 1 aromatic carbocycles. The summed E-state index contributed by atoms with van der Waals surface area (Å²) >= 11 is 3.62. The van der Waals surface area contributed by atoms with Crippen LogP contribution in [0.15, 0.2) is 22.7 Å². The lowest BCUT2D eigenvalue weighted by Crippen LogP contribution is -2.08. The minimum Gasteiger partial charge on any atom is -0.487 e. The minimum atomic E-state index is -0.0224. The summed E-state index contributed by atoms with van der Waals surface area (Å²) in [4.78, 5) is 0. The van der Waals surface area contributed by atoms with Gasteiger partial charge in [0, 0.05) is 12.1 Å². The van der Waals surface area contributed by atoms with Gasteiger partial charge in [-0.1, -0.05) is 25.1 Å². The molecular weight excluding hydrogens is 332 g/mol. The first-order chi connectivity index (χ1) is 10.1. The van der Waals surface area contributed by atoms with Gasteiger partial charge in [0.1, 0.15) is 12.4 Å². The molecule has 2 rings (SSSR count). The maximum absolute atomic E-state index is 9.43. The first-order valence-electron chi connectivity index (χ1n) is 7.18. The number of rotatable bonds is 6. The SMILES string of the molecule is CCc1nn(CC)c(COc2c(C)cccc2CO)c1Br. The van der Waals surface area contributed by atoms with E-state index < -0.39 is 0 Å². The highest BCUT2D eigenvalue weighted by atomic mass is 79.9. The first-order valence-corrected chi connectivity index (χ1v) is 7.97. The first kappa shape index (κ1) is 16.0. The molecule has 4 nitrogen and oxygen atoms in total. The number of nitrogens with zero attached hydrogens (tertiary/aromatic N) is 2. The Morgan fingerprint density at radius 2 is 2.10 bits per heavy atom. The Morgan fingerprint density at radius 3 is 2.71 bits per heavy atom. The monoisotopic (exact) mass is 352 g/mol. The normalized spacial score (nSPS) is 10.9. The number of aromatic nitrogens is 2. The van der Waals surface area contributed by atoms with Gasteiger partial charge < -0.3 is 9.84 Å². The third kappa shape index (κ3) is 3.30. The fourth-order valence-corrected chi connectivity index (χ4v) is 3.02. The Morgan fingerprint density at radius 1 is 1.33 bits per heavy atom. The van der Waals surface area contributed by atoms with E-state index in [0.717, 1.165) is 45.7 Å². The lowest BCUT2D eigenvalue weighted by molar-refractivity contribution is 0.253. The van der Waals surface area contributed by atoms with Gasteiger partial charge in [-0.3, -0.25) is 4.68 Å². The smallest absolute Gasteiger partial charge is 0.131 e. The number of aliphatic hydroxyl groups excluding tert-OH is 1. The Bertz CT molecular complexity index is 623. The van der Waals surface area contributed by atoms with Crippen LogP contribution in [-0.4, -0.2) is 14.9 Å². The second-order valence-corrected chi connectivity index (χ2v) is 5.68. The van der Waals surface area contributed by atoms with Gasteiger partial charge in [0.05, 0.1) is 22.5 Å². The summed E-state index contributed by atoms with van der Waals surface area (Å²) in [5.41, 5.74) is 3.91. The third-order valence-electron chi connectivity index (χ3n) is 3.51. The molecule has 0 saturated heterocycles. The number of hydrogen-bond donors (Lipinski definition) is 1. The molecule has 0 amide bonds. The molecule has 0 spiro atoms. The van der Waals surface area contributed by atoms with Crippen molar-refractivity contribution in [3.8, 4) is 5.75 Å². The van der Waals surface area contributed by atoms with Gasteiger partial charge in [0.15, 0.2) is 0 Å². The molecule has 0 unspecified atom stereocenters. The number of ether oxygens (including phenoxy) is 1. The van der Waals surface area contributed by atoms with Crippen LogP contribution in [0.3, 0.4) is 0 Å². The molecule has 1 heterocycles. The summed E-state index contributed by atoms with van der Waals surface area (Å²) < 4.78 is 8.95. The molecule has 21 heavy (non-hydrogen) atoms. The molecule has 0 radical (unpaired) electrons. The molecule has 0 fully saturated rings. The van der Waals surface area contributed by atoms with Crippen LogP contribution in [0.1, 0.15) is 36.4 Å². The van der Waals surface area contributed by atoms with E-state index in [2.05, 4.69) is 34.9 Å². The topological polar surface area (TPSA) is 47.3 Å². The zero-order valence-corrected chi connectivity index (χ0v) is 14.3. The number of aryl methyl sites for hydroxylation is 3. The predicted octanol–water partition coefficient (Wildman–Crippen LogP) is 3.61. The molecule has 1 aromatic heterocycles. The Hall–Kier alpha value is -1.33. The molecule has 1 N–H and O–H groups in total. The van der Waals surface area contributed by atoms with Crippen molar-refractivity contribution < 1.29 is 9.84 Å². The van der Waals surface area contributed by atoms with Gasteiger partial charge in [-0.15, -0.1) is 0 Å². The minimum absolute atomic E-state index is 0.0224. The predicted molar refractivity (Wildman–Crippen MR) is 86.4 cm³/mol. The average Bonchev–Trinajstić information content (AvgIpc) is 2.81. The van der Waals surface area contributed by atoms with E-state index in [9.17, 15) is 5.11 Å². The molecule has 0 aliphatic carbocycles. The van der Waals surface area contributed by atoms with Crippen LogP contribution in [0.5, 0.6) is 5.75 Å². The Balaban J connectivity index is 2.26. The number of benzene rings is 1. The molecule has 0 aliphatic heterocycles. The number of halogens is 1. The highest BCUT2D eigenvalue weighted by Crippen LogP contribution is 2.27. The van der Waals surface area contributed by atoms with Gasteiger partial charge in [-0.05, 0) is 41.8 Å². The molecule has 0 bridgehead atoms. The number of para-hydroxylation sites is 1. The zero-order valence-electron chi connectivity index (χ0n) is 12.7. The molecule has 0 saturated carbocycles. The van der Waals surface area contributed by atoms with E-state index in [1.165, 1.54) is 0 Å². The standard InChI is InChI=1S/C16H21BrN2O2/c1-4-13-15(17)14(19(5-2)18-13)10-21-16-11(3)7-6-8-12(16)9-20/h6-8,20H,4-5,9-10H2,1-3H3. The highest BCUT2D eigenvalue weighted by Gasteiger charge is 2.15. The average molecular weight is 353 g/mol. The van der Waals surface area contributed by atoms with Crippen molar-refractivity contribution in [2.24, 2.45) is 0 Å². The van der Waals surface area contributed by atoms with Gasteiger partial charge in [0.2, 0.25) is 0 Å². The van der Waals surface area contributed by atoms with Gasteiger partial charge in [0.25, 0.3) is 0 Å². The van der Waals surface area contributed by atoms with E-state index in [4.69, 9.17) is 4.74 Å². The summed E-state index contributed by atoms with van der Waals surface area (Å²) in [6, 6.07) is 5.79. The maximum Gasteiger partial charge on any atom is 0.131 e. The van der Waals surface area contributed by atoms with E-state index in [0.29, 0.717) is 6.61 Å². The zero-order chi connectivity index (χ0) is 15.4. The summed E-state index contributed by atoms with van der Waals surface area (Å²) in [5, 5.41) is 14.0. The van der Waals surface area contributed by atoms with E-state index >= 15 is 0 Å². The van der Waals surface area contributed by atoms with Crippen molar-refractivity contribution in [1.29, 1.82) is 0 Å². The van der Waals surface area contributed by atoms with Crippen LogP contribution < -0.4 is 4.74 Å². The summed E-state index contributed by atoms with van der Waals surface area (Å²) in [6.45, 7) is 7.35. The van der Waals surface area contributed by atoms with Gasteiger partial charge >= 0.3 is 0 Å². The van der Waals surface area contributed by atoms with Crippen LogP contribution in [0.2, 0.25) is 0 Å². The Labute approximate surface area is 133 Å². The summed E-state index contributed by atoms with van der Waals surface area (Å²) in [6.07, 6.45) is 0.882. The molecule has 0 aliphatic rings. The van der Waals surface area contributed by atoms with Gasteiger partial charge in [-0.25, -0.2) is 0 Å². The lowest BCUT2D eigenvalue weighted by atomic mass is 10.1. The van der Waals surface area contributed by atoms with Crippen LogP contribution in [-0.2, 0) is 26.2 Å². The van der Waals surface area contributed by atoms with E-state index in [1.54, 1.807) is 0 Å². The molecule has 5 heteroatoms. The van der Waals surface area contributed by atoms with Crippen LogP contribution >= 0.6 is 15.9 Å². The molecular formula is C16H21BrN2O2. The molecule has 2 aromatic rings. The fraction of sp³-hybridized carbons (Fsp3) is 0.438. The van der Waals surface area contributed by atoms with Crippen molar-refractivity contribution >= 4 is 15.9 Å². The van der Waals surface area contributed by atoms with Crippen LogP contribution in [0.25, 0.3) is 0 Å². The summed E-state index contributed by atoms with van der Waals surface area (Å²) in [7, 11) is 0. The van der Waals surface area contributed by atoms with Crippen molar-refractivity contribution in [3.05, 3.63) is 45.2 Å². The number of hydrogen-bond acceptors (Lipinski definition) is 3. The fourth-order valence-electron chi connectivity index (χ4n) is 2.34. The molecule has 0 atom stereocenters. The van der Waals surface area contributed by atoms with Crippen molar-refractivity contribution in [1.82, 2.24) is 9.78 Å². The Kier molecular flexibility index (Phi) is 5.42. The van der Waals surface area contributed by atoms with Crippen molar-refractivity contribution in [3.63, 3.8) is 0 Å². The quantitative estimate of drug-likeness (QED) is 0.863. The van der Waals surface area contributed by atoms with Crippen molar-refractivity contribution in [2.75, 3.05) is 0 Å². The van der Waals surface area contributed by atoms with Crippen LogP contribution in [0.4, 0.5) is 0 Å². The van der Waals surface area contributed by atoms with E-state index in [1.807, 2.05) is 29.8 Å². The van der Waals surface area contributed by atoms with Gasteiger partial charge in [-0.2, -0.15) is 5.10 Å². The van der Waals surface area contributed by atoms with Crippen LogP contribution in [0, 0.1) is 6.92 Å². The second-order valence-electron chi connectivity index (χ2n) is 4.89. The highest BCUT2D eigenvalue weighted by molar-refractivity contribution is 9.10. The van der Waals surface area contributed by atoms with E-state index in [-0.39, 0.29) is 6.61 Å². The summed E-state index contributed by atoms with van der Waals surface area (Å²) in [5.74, 6) is 0.758.